The third-order valence-electron chi connectivity index (χ3n) is 3.11. The van der Waals surface area contributed by atoms with Crippen LogP contribution in [0, 0.1) is 13.8 Å². The maximum absolute atomic E-state index is 12.2. The van der Waals surface area contributed by atoms with Crippen LogP contribution in [0.15, 0.2) is 11.6 Å². The van der Waals surface area contributed by atoms with Crippen molar-refractivity contribution in [3.8, 4) is 0 Å². The average Bonchev–Trinajstić information content (AvgIpc) is 2.71. The van der Waals surface area contributed by atoms with E-state index in [1.807, 2.05) is 33.8 Å². The Bertz CT molecular complexity index is 699. The predicted octanol–water partition coefficient (Wildman–Crippen LogP) is 2.59. The molecule has 0 radical (unpaired) electrons. The van der Waals surface area contributed by atoms with E-state index in [1.54, 1.807) is 0 Å². The van der Waals surface area contributed by atoms with E-state index in [2.05, 4.69) is 15.5 Å². The fraction of sp³-hybridized carbons (Fsp3) is 0.357. The molecule has 0 saturated heterocycles. The third kappa shape index (κ3) is 2.65. The number of hydrogen-bond donors (Lipinski definition) is 2. The van der Waals surface area contributed by atoms with Gasteiger partial charge in [-0.25, -0.2) is 0 Å². The van der Waals surface area contributed by atoms with Crippen molar-refractivity contribution < 1.29 is 4.79 Å². The summed E-state index contributed by atoms with van der Waals surface area (Å²) in [5.74, 6) is -0.167. The number of nitrogens with one attached hydrogen (secondary N) is 1. The van der Waals surface area contributed by atoms with Gasteiger partial charge in [-0.3, -0.25) is 4.79 Å². The number of thiophene rings is 1. The normalized spacial score (nSPS) is 10.6. The fourth-order valence-corrected chi connectivity index (χ4v) is 2.85. The first-order valence-electron chi connectivity index (χ1n) is 6.35. The molecular formula is C14H18N4OS. The lowest BCUT2D eigenvalue weighted by atomic mass is 10.1. The van der Waals surface area contributed by atoms with Crippen LogP contribution in [0.3, 0.4) is 0 Å². The number of nitrogens with two attached hydrogens (primary N) is 1. The first-order valence-corrected chi connectivity index (χ1v) is 7.17. The second-order valence-corrected chi connectivity index (χ2v) is 5.93. The Kier molecular flexibility index (Phi) is 4.04. The summed E-state index contributed by atoms with van der Waals surface area (Å²) in [5.41, 5.74) is 9.57. The highest BCUT2D eigenvalue weighted by Gasteiger charge is 2.19. The number of aromatic nitrogens is 2. The van der Waals surface area contributed by atoms with E-state index >= 15 is 0 Å². The summed E-state index contributed by atoms with van der Waals surface area (Å²) in [6, 6.07) is 0. The van der Waals surface area contributed by atoms with Crippen LogP contribution in [0.2, 0.25) is 0 Å². The van der Waals surface area contributed by atoms with Crippen molar-refractivity contribution in [3.05, 3.63) is 27.8 Å². The predicted molar refractivity (Wildman–Crippen MR) is 83.1 cm³/mol. The molecule has 0 atom stereocenters. The van der Waals surface area contributed by atoms with Gasteiger partial charge < -0.3 is 11.1 Å². The van der Waals surface area contributed by atoms with Gasteiger partial charge in [0, 0.05) is 11.9 Å². The maximum Gasteiger partial charge on any atom is 0.263 e. The lowest BCUT2D eigenvalue weighted by molar-refractivity contribution is 0.0963. The molecule has 20 heavy (non-hydrogen) atoms. The van der Waals surface area contributed by atoms with Gasteiger partial charge in [-0.05, 0) is 33.3 Å². The number of rotatable bonds is 3. The molecule has 2 heterocycles. The number of carbonyl (C=O) groups is 1. The Morgan fingerprint density at radius 2 is 2.05 bits per heavy atom. The van der Waals surface area contributed by atoms with Crippen LogP contribution in [0.4, 0.5) is 5.69 Å². The molecular weight excluding hydrogens is 272 g/mol. The van der Waals surface area contributed by atoms with E-state index in [4.69, 9.17) is 5.73 Å². The zero-order valence-electron chi connectivity index (χ0n) is 12.1. The van der Waals surface area contributed by atoms with Gasteiger partial charge in [0.1, 0.15) is 9.71 Å². The summed E-state index contributed by atoms with van der Waals surface area (Å²) >= 11 is 1.28. The van der Waals surface area contributed by atoms with Crippen LogP contribution in [-0.2, 0) is 0 Å². The van der Waals surface area contributed by atoms with Crippen LogP contribution in [0.1, 0.15) is 34.8 Å². The van der Waals surface area contributed by atoms with E-state index in [0.29, 0.717) is 21.9 Å². The summed E-state index contributed by atoms with van der Waals surface area (Å²) in [6.45, 7) is 8.30. The molecule has 0 aliphatic carbocycles. The molecule has 2 aromatic heterocycles. The largest absolute Gasteiger partial charge is 0.397 e. The highest BCUT2D eigenvalue weighted by atomic mass is 32.1. The van der Waals surface area contributed by atoms with Crippen LogP contribution in [0.25, 0.3) is 10.2 Å². The number of fused-ring (bicyclic) bond motifs is 1. The monoisotopic (exact) mass is 290 g/mol. The Labute approximate surface area is 121 Å². The molecule has 0 aromatic carbocycles. The molecule has 6 heteroatoms. The van der Waals surface area contributed by atoms with Gasteiger partial charge >= 0.3 is 0 Å². The van der Waals surface area contributed by atoms with Gasteiger partial charge in [0.05, 0.1) is 11.4 Å². The number of amides is 1. The fourth-order valence-electron chi connectivity index (χ4n) is 1.84. The number of carbonyl (C=O) groups excluding carboxylic acids is 1. The Balaban J connectivity index is 2.36. The number of nitrogen functional groups attached to an aromatic ring is 1. The van der Waals surface area contributed by atoms with E-state index in [9.17, 15) is 4.79 Å². The van der Waals surface area contributed by atoms with Gasteiger partial charge in [-0.15, -0.1) is 16.4 Å². The smallest absolute Gasteiger partial charge is 0.263 e. The lowest BCUT2D eigenvalue weighted by Crippen LogP contribution is -2.23. The molecule has 0 aliphatic rings. The zero-order chi connectivity index (χ0) is 14.9. The lowest BCUT2D eigenvalue weighted by Gasteiger charge is -2.02. The molecule has 0 aliphatic heterocycles. The molecule has 0 bridgehead atoms. The Morgan fingerprint density at radius 1 is 1.35 bits per heavy atom. The molecule has 0 spiro atoms. The quantitative estimate of drug-likeness (QED) is 0.851. The van der Waals surface area contributed by atoms with Gasteiger partial charge in [0.25, 0.3) is 5.91 Å². The minimum Gasteiger partial charge on any atom is -0.397 e. The Hall–Kier alpha value is -1.95. The summed E-state index contributed by atoms with van der Waals surface area (Å²) in [5, 5.41) is 11.9. The summed E-state index contributed by atoms with van der Waals surface area (Å²) < 4.78 is 0. The first kappa shape index (κ1) is 14.5. The Morgan fingerprint density at radius 3 is 2.70 bits per heavy atom. The van der Waals surface area contributed by atoms with Gasteiger partial charge in [0.15, 0.2) is 0 Å². The second-order valence-electron chi connectivity index (χ2n) is 4.93. The van der Waals surface area contributed by atoms with Crippen molar-refractivity contribution in [3.63, 3.8) is 0 Å². The summed E-state index contributed by atoms with van der Waals surface area (Å²) in [4.78, 5) is 13.4. The number of aryl methyl sites for hydroxylation is 2. The molecule has 5 nitrogen and oxygen atoms in total. The standard InChI is InChI=1S/C14H18N4OS/c1-7(2)5-6-16-13(19)12-11(15)10-8(3)9(4)17-18-14(10)20-12/h5H,6,15H2,1-4H3,(H,16,19). The molecule has 3 N–H and O–H groups in total. The second kappa shape index (κ2) is 5.58. The minimum absolute atomic E-state index is 0.167. The van der Waals surface area contributed by atoms with Crippen LogP contribution < -0.4 is 11.1 Å². The van der Waals surface area contributed by atoms with Crippen molar-refractivity contribution in [1.82, 2.24) is 15.5 Å². The minimum atomic E-state index is -0.167. The molecule has 0 unspecified atom stereocenters. The molecule has 2 aromatic rings. The van der Waals surface area contributed by atoms with Crippen molar-refractivity contribution in [2.24, 2.45) is 0 Å². The highest BCUT2D eigenvalue weighted by Crippen LogP contribution is 2.34. The van der Waals surface area contributed by atoms with Crippen LogP contribution in [-0.4, -0.2) is 22.6 Å². The van der Waals surface area contributed by atoms with E-state index < -0.39 is 0 Å². The van der Waals surface area contributed by atoms with Crippen LogP contribution in [0.5, 0.6) is 0 Å². The molecule has 1 amide bonds. The van der Waals surface area contributed by atoms with Crippen molar-refractivity contribution in [1.29, 1.82) is 0 Å². The van der Waals surface area contributed by atoms with Gasteiger partial charge in [-0.2, -0.15) is 5.10 Å². The number of hydrogen-bond acceptors (Lipinski definition) is 5. The average molecular weight is 290 g/mol. The van der Waals surface area contributed by atoms with Crippen molar-refractivity contribution in [2.75, 3.05) is 12.3 Å². The van der Waals surface area contributed by atoms with Crippen molar-refractivity contribution >= 4 is 33.1 Å². The molecule has 0 saturated carbocycles. The topological polar surface area (TPSA) is 80.9 Å². The zero-order valence-corrected chi connectivity index (χ0v) is 12.9. The third-order valence-corrected chi connectivity index (χ3v) is 4.20. The highest BCUT2D eigenvalue weighted by molar-refractivity contribution is 7.21. The van der Waals surface area contributed by atoms with Gasteiger partial charge in [-0.1, -0.05) is 11.6 Å². The molecule has 106 valence electrons. The number of allylic oxidation sites excluding steroid dienone is 1. The molecule has 0 fully saturated rings. The summed E-state index contributed by atoms with van der Waals surface area (Å²) in [7, 11) is 0. The van der Waals surface area contributed by atoms with E-state index in [-0.39, 0.29) is 5.91 Å². The van der Waals surface area contributed by atoms with Crippen molar-refractivity contribution in [2.45, 2.75) is 27.7 Å². The van der Waals surface area contributed by atoms with E-state index in [0.717, 1.165) is 22.2 Å². The summed E-state index contributed by atoms with van der Waals surface area (Å²) in [6.07, 6.45) is 1.95. The van der Waals surface area contributed by atoms with Crippen LogP contribution >= 0.6 is 11.3 Å². The molecule has 2 rings (SSSR count). The van der Waals surface area contributed by atoms with Gasteiger partial charge in [0.2, 0.25) is 0 Å². The van der Waals surface area contributed by atoms with E-state index in [1.165, 1.54) is 11.3 Å². The SMILES string of the molecule is CC(C)=CCNC(=O)c1sc2nnc(C)c(C)c2c1N. The maximum atomic E-state index is 12.2. The number of nitrogens with zero attached hydrogens (tertiary/aromatic N) is 2. The number of anilines is 1. The first-order chi connectivity index (χ1) is 9.41.